The molecule has 29 heavy (non-hydrogen) atoms. The van der Waals surface area contributed by atoms with Crippen LogP contribution in [0.15, 0.2) is 63.1 Å². The molecule has 0 spiro atoms. The smallest absolute Gasteiger partial charge is 0.283 e. The Hall–Kier alpha value is -3.33. The van der Waals surface area contributed by atoms with Crippen LogP contribution in [-0.2, 0) is 11.3 Å². The molecule has 0 bridgehead atoms. The average Bonchev–Trinajstić information content (AvgIpc) is 3.35. The Morgan fingerprint density at radius 3 is 2.83 bits per heavy atom. The molecule has 3 aromatic heterocycles. The van der Waals surface area contributed by atoms with Crippen LogP contribution in [0.1, 0.15) is 11.5 Å². The van der Waals surface area contributed by atoms with E-state index in [1.807, 2.05) is 6.92 Å². The zero-order valence-corrected chi connectivity index (χ0v) is 16.3. The van der Waals surface area contributed by atoms with Crippen molar-refractivity contribution in [3.05, 3.63) is 76.4 Å². The van der Waals surface area contributed by atoms with E-state index in [0.717, 1.165) is 17.5 Å². The maximum absolute atomic E-state index is 13.3. The quantitative estimate of drug-likeness (QED) is 0.375. The summed E-state index contributed by atoms with van der Waals surface area (Å²) in [6, 6.07) is 10.8. The lowest BCUT2D eigenvalue weighted by Gasteiger charge is -2.12. The van der Waals surface area contributed by atoms with Crippen LogP contribution in [0, 0.1) is 12.7 Å². The number of carbonyl (C=O) groups excluding carboxylic acids is 1. The number of hydrogen-bond donors (Lipinski definition) is 2. The van der Waals surface area contributed by atoms with Crippen molar-refractivity contribution in [3.63, 3.8) is 0 Å². The second-order valence-corrected chi connectivity index (χ2v) is 7.31. The van der Waals surface area contributed by atoms with Crippen LogP contribution in [0.25, 0.3) is 16.7 Å². The Labute approximate surface area is 169 Å². The highest BCUT2D eigenvalue weighted by atomic mass is 32.2. The first-order chi connectivity index (χ1) is 14.0. The number of nitrogens with zero attached hydrogens (tertiary/aromatic N) is 2. The number of H-pyrrole nitrogens is 1. The van der Waals surface area contributed by atoms with Crippen molar-refractivity contribution in [1.29, 1.82) is 0 Å². The number of benzene rings is 1. The molecule has 0 aliphatic carbocycles. The second kappa shape index (κ2) is 7.96. The van der Waals surface area contributed by atoms with Gasteiger partial charge in [0.05, 0.1) is 29.8 Å². The molecule has 0 aliphatic rings. The summed E-state index contributed by atoms with van der Waals surface area (Å²) >= 11 is 1.13. The van der Waals surface area contributed by atoms with E-state index < -0.39 is 5.82 Å². The molecule has 0 unspecified atom stereocenters. The summed E-state index contributed by atoms with van der Waals surface area (Å²) < 4.78 is 19.9. The van der Waals surface area contributed by atoms with Gasteiger partial charge in [0.15, 0.2) is 5.16 Å². The monoisotopic (exact) mass is 412 g/mol. The van der Waals surface area contributed by atoms with Crippen molar-refractivity contribution >= 4 is 28.7 Å². The van der Waals surface area contributed by atoms with E-state index in [9.17, 15) is 14.0 Å². The van der Waals surface area contributed by atoms with Crippen LogP contribution in [0.3, 0.4) is 0 Å². The number of hydrogen-bond acceptors (Lipinski definition) is 5. The van der Waals surface area contributed by atoms with Gasteiger partial charge in [-0.1, -0.05) is 11.8 Å². The van der Waals surface area contributed by atoms with E-state index in [-0.39, 0.29) is 23.8 Å². The topological polar surface area (TPSA) is 92.9 Å². The number of carbonyl (C=O) groups is 1. The number of aryl methyl sites for hydroxylation is 1. The molecule has 7 nitrogen and oxygen atoms in total. The van der Waals surface area contributed by atoms with Gasteiger partial charge in [-0.15, -0.1) is 0 Å². The van der Waals surface area contributed by atoms with Gasteiger partial charge >= 0.3 is 0 Å². The zero-order valence-electron chi connectivity index (χ0n) is 15.4. The molecule has 0 radical (unpaired) electrons. The molecule has 0 saturated carbocycles. The first kappa shape index (κ1) is 19.0. The Kier molecular flexibility index (Phi) is 5.22. The van der Waals surface area contributed by atoms with Crippen molar-refractivity contribution in [2.45, 2.75) is 18.6 Å². The average molecular weight is 412 g/mol. The molecule has 9 heteroatoms. The lowest BCUT2D eigenvalue weighted by atomic mass is 10.3. The minimum absolute atomic E-state index is 0.0588. The van der Waals surface area contributed by atoms with Crippen molar-refractivity contribution in [2.75, 3.05) is 5.75 Å². The third-order valence-electron chi connectivity index (χ3n) is 4.21. The minimum atomic E-state index is -0.405. The first-order valence-corrected chi connectivity index (χ1v) is 9.80. The van der Waals surface area contributed by atoms with Gasteiger partial charge in [-0.05, 0) is 49.4 Å². The molecule has 0 fully saturated rings. The first-order valence-electron chi connectivity index (χ1n) is 8.81. The van der Waals surface area contributed by atoms with Crippen LogP contribution >= 0.6 is 11.8 Å². The maximum Gasteiger partial charge on any atom is 0.283 e. The molecule has 4 rings (SSSR count). The van der Waals surface area contributed by atoms with Crippen LogP contribution in [0.2, 0.25) is 0 Å². The number of furan rings is 1. The Bertz CT molecular complexity index is 1210. The van der Waals surface area contributed by atoms with Crippen molar-refractivity contribution in [3.8, 4) is 5.69 Å². The standard InChI is InChI=1S/C20H17FN4O3S/c1-12-9-16-18(23-12)19(27)25(14-6-4-13(21)5-7-14)20(24-16)29-11-17(26)22-10-15-3-2-8-28-15/h2-9,23H,10-11H2,1H3,(H,22,26). The molecular weight excluding hydrogens is 395 g/mol. The van der Waals surface area contributed by atoms with Gasteiger partial charge in [0.1, 0.15) is 17.1 Å². The summed E-state index contributed by atoms with van der Waals surface area (Å²) in [7, 11) is 0. The Balaban J connectivity index is 1.63. The van der Waals surface area contributed by atoms with Gasteiger partial charge in [-0.3, -0.25) is 14.2 Å². The molecule has 2 N–H and O–H groups in total. The zero-order chi connectivity index (χ0) is 20.4. The highest BCUT2D eigenvalue weighted by molar-refractivity contribution is 7.99. The van der Waals surface area contributed by atoms with Gasteiger partial charge in [0, 0.05) is 5.69 Å². The normalized spacial score (nSPS) is 11.1. The molecule has 3 heterocycles. The highest BCUT2D eigenvalue weighted by Crippen LogP contribution is 2.22. The van der Waals surface area contributed by atoms with E-state index in [1.165, 1.54) is 35.1 Å². The summed E-state index contributed by atoms with van der Waals surface area (Å²) in [5.74, 6) is 0.0760. The molecule has 1 amide bonds. The predicted octanol–water partition coefficient (Wildman–Crippen LogP) is 3.16. The van der Waals surface area contributed by atoms with Crippen molar-refractivity contribution in [1.82, 2.24) is 19.9 Å². The van der Waals surface area contributed by atoms with Crippen LogP contribution in [0.5, 0.6) is 0 Å². The van der Waals surface area contributed by atoms with Gasteiger partial charge in [0.2, 0.25) is 5.91 Å². The minimum Gasteiger partial charge on any atom is -0.467 e. The molecule has 148 valence electrons. The molecular formula is C20H17FN4O3S. The van der Waals surface area contributed by atoms with Crippen LogP contribution in [-0.4, -0.2) is 26.2 Å². The number of nitrogens with one attached hydrogen (secondary N) is 2. The number of rotatable bonds is 6. The van der Waals surface area contributed by atoms with Crippen LogP contribution < -0.4 is 10.9 Å². The molecule has 0 saturated heterocycles. The number of aromatic nitrogens is 3. The largest absolute Gasteiger partial charge is 0.467 e. The summed E-state index contributed by atoms with van der Waals surface area (Å²) in [5, 5.41) is 3.10. The summed E-state index contributed by atoms with van der Waals surface area (Å²) in [6.45, 7) is 2.11. The van der Waals surface area contributed by atoms with Crippen molar-refractivity contribution in [2.24, 2.45) is 0 Å². The third kappa shape index (κ3) is 4.09. The fraction of sp³-hybridized carbons (Fsp3) is 0.150. The predicted molar refractivity (Wildman–Crippen MR) is 108 cm³/mol. The third-order valence-corrected chi connectivity index (χ3v) is 5.15. The number of thioether (sulfide) groups is 1. The Morgan fingerprint density at radius 1 is 1.31 bits per heavy atom. The van der Waals surface area contributed by atoms with Gasteiger partial charge in [-0.2, -0.15) is 0 Å². The summed E-state index contributed by atoms with van der Waals surface area (Å²) in [6.07, 6.45) is 1.54. The maximum atomic E-state index is 13.3. The number of amides is 1. The van der Waals surface area contributed by atoms with E-state index in [2.05, 4.69) is 15.3 Å². The SMILES string of the molecule is Cc1cc2nc(SCC(=O)NCc3ccco3)n(-c3ccc(F)cc3)c(=O)c2[nH]1. The van der Waals surface area contributed by atoms with E-state index in [0.29, 0.717) is 27.6 Å². The summed E-state index contributed by atoms with van der Waals surface area (Å²) in [5.41, 5.74) is 1.83. The van der Waals surface area contributed by atoms with Crippen molar-refractivity contribution < 1.29 is 13.6 Å². The van der Waals surface area contributed by atoms with Gasteiger partial charge in [-0.25, -0.2) is 9.37 Å². The highest BCUT2D eigenvalue weighted by Gasteiger charge is 2.16. The molecule has 0 aliphatic heterocycles. The van der Waals surface area contributed by atoms with E-state index in [4.69, 9.17) is 4.42 Å². The van der Waals surface area contributed by atoms with Gasteiger partial charge < -0.3 is 14.7 Å². The van der Waals surface area contributed by atoms with E-state index >= 15 is 0 Å². The van der Waals surface area contributed by atoms with Crippen LogP contribution in [0.4, 0.5) is 4.39 Å². The fourth-order valence-corrected chi connectivity index (χ4v) is 3.71. The van der Waals surface area contributed by atoms with E-state index in [1.54, 1.807) is 18.2 Å². The molecule has 1 aromatic carbocycles. The lowest BCUT2D eigenvalue weighted by Crippen LogP contribution is -2.26. The number of aromatic amines is 1. The number of halogens is 1. The molecule has 4 aromatic rings. The fourth-order valence-electron chi connectivity index (χ4n) is 2.87. The number of fused-ring (bicyclic) bond motifs is 1. The Morgan fingerprint density at radius 2 is 2.10 bits per heavy atom. The molecule has 0 atom stereocenters. The second-order valence-electron chi connectivity index (χ2n) is 6.37. The van der Waals surface area contributed by atoms with Gasteiger partial charge in [0.25, 0.3) is 5.56 Å². The summed E-state index contributed by atoms with van der Waals surface area (Å²) in [4.78, 5) is 32.8. The lowest BCUT2D eigenvalue weighted by molar-refractivity contribution is -0.118.